The fourth-order valence-corrected chi connectivity index (χ4v) is 2.07. The Kier molecular flexibility index (Phi) is 5.25. The van der Waals surface area contributed by atoms with Gasteiger partial charge in [0.2, 0.25) is 0 Å². The first-order valence-electron chi connectivity index (χ1n) is 6.69. The lowest BCUT2D eigenvalue weighted by molar-refractivity contribution is 0.317. The summed E-state index contributed by atoms with van der Waals surface area (Å²) in [7, 11) is 2.19. The number of hydrogen-bond acceptors (Lipinski definition) is 2. The molecule has 100 valence electrons. The molecule has 0 aromatic carbocycles. The standard InChI is InChI=1S/C13H28N4/c1-6-14-12(16-13(2,3)4)15-10-11-8-7-9-17(11)5/h11H,6-10H2,1-5H3,(H2,14,15,16). The number of likely N-dealkylation sites (N-methyl/N-ethyl adjacent to an activating group) is 1. The van der Waals surface area contributed by atoms with E-state index in [1.54, 1.807) is 0 Å². The number of likely N-dealkylation sites (tertiary alicyclic amines) is 1. The monoisotopic (exact) mass is 240 g/mol. The van der Waals surface area contributed by atoms with E-state index in [4.69, 9.17) is 0 Å². The topological polar surface area (TPSA) is 39.7 Å². The zero-order valence-corrected chi connectivity index (χ0v) is 12.0. The van der Waals surface area contributed by atoms with Gasteiger partial charge >= 0.3 is 0 Å². The molecule has 1 heterocycles. The summed E-state index contributed by atoms with van der Waals surface area (Å²) in [5, 5.41) is 6.71. The predicted molar refractivity (Wildman–Crippen MR) is 74.5 cm³/mol. The lowest BCUT2D eigenvalue weighted by Crippen LogP contribution is -2.48. The SMILES string of the molecule is CCNC(=NCC1CCCN1C)NC(C)(C)C. The Morgan fingerprint density at radius 1 is 1.41 bits per heavy atom. The summed E-state index contributed by atoms with van der Waals surface area (Å²) in [6, 6.07) is 0.616. The molecule has 0 amide bonds. The van der Waals surface area contributed by atoms with Crippen LogP contribution in [0.1, 0.15) is 40.5 Å². The van der Waals surface area contributed by atoms with Crippen LogP contribution in [0.2, 0.25) is 0 Å². The third-order valence-corrected chi connectivity index (χ3v) is 2.97. The molecule has 0 aliphatic carbocycles. The van der Waals surface area contributed by atoms with Gasteiger partial charge in [-0.15, -0.1) is 0 Å². The van der Waals surface area contributed by atoms with Crippen LogP contribution in [-0.4, -0.2) is 49.1 Å². The second-order valence-electron chi connectivity index (χ2n) is 5.87. The number of guanidine groups is 1. The highest BCUT2D eigenvalue weighted by atomic mass is 15.2. The maximum absolute atomic E-state index is 4.68. The molecule has 1 saturated heterocycles. The summed E-state index contributed by atoms with van der Waals surface area (Å²) < 4.78 is 0. The Hall–Kier alpha value is -0.770. The fraction of sp³-hybridized carbons (Fsp3) is 0.923. The average Bonchev–Trinajstić information content (AvgIpc) is 2.59. The third-order valence-electron chi connectivity index (χ3n) is 2.97. The van der Waals surface area contributed by atoms with Gasteiger partial charge < -0.3 is 15.5 Å². The molecule has 2 N–H and O–H groups in total. The summed E-state index contributed by atoms with van der Waals surface area (Å²) in [6.07, 6.45) is 2.58. The zero-order valence-electron chi connectivity index (χ0n) is 12.0. The lowest BCUT2D eigenvalue weighted by atomic mass is 10.1. The van der Waals surface area contributed by atoms with Gasteiger partial charge in [-0.25, -0.2) is 0 Å². The first-order chi connectivity index (χ1) is 7.92. The molecular formula is C13H28N4. The van der Waals surface area contributed by atoms with E-state index in [1.165, 1.54) is 19.4 Å². The molecule has 0 aromatic heterocycles. The zero-order chi connectivity index (χ0) is 12.9. The van der Waals surface area contributed by atoms with E-state index in [0.29, 0.717) is 6.04 Å². The number of nitrogens with one attached hydrogen (secondary N) is 2. The summed E-state index contributed by atoms with van der Waals surface area (Å²) in [5.41, 5.74) is 0.0581. The van der Waals surface area contributed by atoms with Crippen LogP contribution < -0.4 is 10.6 Å². The minimum Gasteiger partial charge on any atom is -0.357 e. The molecule has 1 atom stereocenters. The minimum absolute atomic E-state index is 0.0581. The summed E-state index contributed by atoms with van der Waals surface area (Å²) >= 11 is 0. The van der Waals surface area contributed by atoms with Crippen molar-refractivity contribution in [1.82, 2.24) is 15.5 Å². The second-order valence-corrected chi connectivity index (χ2v) is 5.87. The Balaban J connectivity index is 2.51. The van der Waals surface area contributed by atoms with Crippen LogP contribution in [0.15, 0.2) is 4.99 Å². The molecular weight excluding hydrogens is 212 g/mol. The molecule has 1 fully saturated rings. The van der Waals surface area contributed by atoms with E-state index in [1.807, 2.05) is 0 Å². The first-order valence-corrected chi connectivity index (χ1v) is 6.69. The van der Waals surface area contributed by atoms with Crippen molar-refractivity contribution in [2.24, 2.45) is 4.99 Å². The van der Waals surface area contributed by atoms with Gasteiger partial charge in [-0.1, -0.05) is 0 Å². The van der Waals surface area contributed by atoms with Gasteiger partial charge in [0.15, 0.2) is 5.96 Å². The maximum Gasteiger partial charge on any atom is 0.191 e. The molecule has 0 saturated carbocycles. The molecule has 0 aromatic rings. The molecule has 1 aliphatic heterocycles. The van der Waals surface area contributed by atoms with Crippen LogP contribution in [0.4, 0.5) is 0 Å². The molecule has 1 rings (SSSR count). The van der Waals surface area contributed by atoms with Crippen molar-refractivity contribution in [3.05, 3.63) is 0 Å². The second kappa shape index (κ2) is 6.24. The van der Waals surface area contributed by atoms with Gasteiger partial charge in [-0.2, -0.15) is 0 Å². The van der Waals surface area contributed by atoms with Gasteiger partial charge in [-0.05, 0) is 54.1 Å². The quantitative estimate of drug-likeness (QED) is 0.579. The van der Waals surface area contributed by atoms with Crippen LogP contribution in [0.3, 0.4) is 0 Å². The van der Waals surface area contributed by atoms with Crippen LogP contribution >= 0.6 is 0 Å². The maximum atomic E-state index is 4.68. The van der Waals surface area contributed by atoms with Crippen LogP contribution in [-0.2, 0) is 0 Å². The van der Waals surface area contributed by atoms with E-state index < -0.39 is 0 Å². The first kappa shape index (κ1) is 14.3. The van der Waals surface area contributed by atoms with Crippen molar-refractivity contribution in [1.29, 1.82) is 0 Å². The molecule has 17 heavy (non-hydrogen) atoms. The molecule has 0 bridgehead atoms. The normalized spacial score (nSPS) is 22.9. The molecule has 0 radical (unpaired) electrons. The van der Waals surface area contributed by atoms with Crippen LogP contribution in [0.25, 0.3) is 0 Å². The Bertz CT molecular complexity index is 255. The summed E-state index contributed by atoms with van der Waals surface area (Å²) in [6.45, 7) is 11.6. The van der Waals surface area contributed by atoms with Gasteiger partial charge in [0.25, 0.3) is 0 Å². The van der Waals surface area contributed by atoms with Crippen LogP contribution in [0.5, 0.6) is 0 Å². The van der Waals surface area contributed by atoms with Crippen molar-refractivity contribution >= 4 is 5.96 Å². The molecule has 0 spiro atoms. The number of nitrogens with zero attached hydrogens (tertiary/aromatic N) is 2. The molecule has 4 heteroatoms. The van der Waals surface area contributed by atoms with E-state index in [0.717, 1.165) is 19.0 Å². The number of rotatable bonds is 3. The highest BCUT2D eigenvalue weighted by molar-refractivity contribution is 5.80. The van der Waals surface area contributed by atoms with Gasteiger partial charge in [0, 0.05) is 18.1 Å². The van der Waals surface area contributed by atoms with Crippen molar-refractivity contribution in [3.8, 4) is 0 Å². The van der Waals surface area contributed by atoms with Crippen molar-refractivity contribution in [2.45, 2.75) is 52.1 Å². The van der Waals surface area contributed by atoms with E-state index in [-0.39, 0.29) is 5.54 Å². The fourth-order valence-electron chi connectivity index (χ4n) is 2.07. The summed E-state index contributed by atoms with van der Waals surface area (Å²) in [5.74, 6) is 0.931. The number of aliphatic imine (C=N–C) groups is 1. The predicted octanol–water partition coefficient (Wildman–Crippen LogP) is 1.43. The molecule has 4 nitrogen and oxygen atoms in total. The Morgan fingerprint density at radius 2 is 2.12 bits per heavy atom. The Labute approximate surface area is 106 Å². The largest absolute Gasteiger partial charge is 0.357 e. The van der Waals surface area contributed by atoms with Crippen molar-refractivity contribution in [2.75, 3.05) is 26.7 Å². The summed E-state index contributed by atoms with van der Waals surface area (Å²) in [4.78, 5) is 7.09. The van der Waals surface area contributed by atoms with E-state index in [2.05, 4.69) is 55.3 Å². The van der Waals surface area contributed by atoms with Gasteiger partial charge in [0.05, 0.1) is 6.54 Å². The number of hydrogen-bond donors (Lipinski definition) is 2. The minimum atomic E-state index is 0.0581. The van der Waals surface area contributed by atoms with E-state index in [9.17, 15) is 0 Å². The van der Waals surface area contributed by atoms with E-state index >= 15 is 0 Å². The molecule has 1 unspecified atom stereocenters. The van der Waals surface area contributed by atoms with Crippen LogP contribution in [0, 0.1) is 0 Å². The average molecular weight is 240 g/mol. The highest BCUT2D eigenvalue weighted by Crippen LogP contribution is 2.14. The Morgan fingerprint density at radius 3 is 2.59 bits per heavy atom. The molecule has 1 aliphatic rings. The highest BCUT2D eigenvalue weighted by Gasteiger charge is 2.20. The lowest BCUT2D eigenvalue weighted by Gasteiger charge is -2.24. The van der Waals surface area contributed by atoms with Gasteiger partial charge in [0.1, 0.15) is 0 Å². The van der Waals surface area contributed by atoms with Crippen molar-refractivity contribution < 1.29 is 0 Å². The smallest absolute Gasteiger partial charge is 0.191 e. The van der Waals surface area contributed by atoms with Crippen molar-refractivity contribution in [3.63, 3.8) is 0 Å². The van der Waals surface area contributed by atoms with Gasteiger partial charge in [-0.3, -0.25) is 4.99 Å². The third kappa shape index (κ3) is 5.39.